The van der Waals surface area contributed by atoms with Gasteiger partial charge in [0.15, 0.2) is 0 Å². The van der Waals surface area contributed by atoms with E-state index in [1.54, 1.807) is 48.8 Å². The first-order valence-corrected chi connectivity index (χ1v) is 6.48. The van der Waals surface area contributed by atoms with Crippen molar-refractivity contribution in [1.29, 1.82) is 0 Å². The van der Waals surface area contributed by atoms with E-state index in [-0.39, 0.29) is 5.91 Å². The largest absolute Gasteiger partial charge is 0.480 e. The Kier molecular flexibility index (Phi) is 4.65. The number of ether oxygens (including phenoxy) is 1. The number of nitrogens with zero attached hydrogens (tertiary/aromatic N) is 3. The molecule has 0 fully saturated rings. The highest BCUT2D eigenvalue weighted by Crippen LogP contribution is 2.26. The number of aromatic nitrogens is 2. The molecule has 0 bridgehead atoms. The van der Waals surface area contributed by atoms with E-state index in [4.69, 9.17) is 4.74 Å². The Morgan fingerprint density at radius 2 is 2.10 bits per heavy atom. The predicted molar refractivity (Wildman–Crippen MR) is 77.0 cm³/mol. The van der Waals surface area contributed by atoms with Crippen LogP contribution in [0.3, 0.4) is 0 Å². The molecular weight excluding hydrogens is 254 g/mol. The molecule has 0 unspecified atom stereocenters. The van der Waals surface area contributed by atoms with Crippen molar-refractivity contribution >= 4 is 11.6 Å². The second kappa shape index (κ2) is 6.65. The number of rotatable bonds is 5. The number of carbonyl (C=O) groups excluding carboxylic acids is 1. The molecule has 5 heteroatoms. The summed E-state index contributed by atoms with van der Waals surface area (Å²) in [7, 11) is 1.55. The fourth-order valence-electron chi connectivity index (χ4n) is 1.95. The average molecular weight is 271 g/mol. The number of methoxy groups -OCH3 is 1. The molecule has 0 radical (unpaired) electrons. The van der Waals surface area contributed by atoms with Crippen LogP contribution in [-0.2, 0) is 0 Å². The summed E-state index contributed by atoms with van der Waals surface area (Å²) in [6.07, 6.45) is 5.69. The van der Waals surface area contributed by atoms with Crippen molar-refractivity contribution in [1.82, 2.24) is 9.97 Å². The molecule has 0 spiro atoms. The van der Waals surface area contributed by atoms with Gasteiger partial charge in [-0.05, 0) is 30.7 Å². The molecule has 2 heterocycles. The molecule has 0 aliphatic rings. The molecule has 0 aromatic carbocycles. The zero-order valence-corrected chi connectivity index (χ0v) is 11.6. The minimum atomic E-state index is -0.105. The molecule has 2 aromatic rings. The van der Waals surface area contributed by atoms with Crippen LogP contribution in [0, 0.1) is 0 Å². The zero-order valence-electron chi connectivity index (χ0n) is 11.6. The highest BCUT2D eigenvalue weighted by atomic mass is 16.5. The summed E-state index contributed by atoms with van der Waals surface area (Å²) < 4.78 is 5.24. The monoisotopic (exact) mass is 271 g/mol. The van der Waals surface area contributed by atoms with E-state index in [0.717, 1.165) is 6.42 Å². The number of amides is 1. The van der Waals surface area contributed by atoms with Crippen molar-refractivity contribution in [2.45, 2.75) is 13.3 Å². The van der Waals surface area contributed by atoms with Gasteiger partial charge in [-0.3, -0.25) is 9.78 Å². The first kappa shape index (κ1) is 14.0. The second-order valence-electron chi connectivity index (χ2n) is 4.23. The van der Waals surface area contributed by atoms with E-state index in [2.05, 4.69) is 9.97 Å². The summed E-state index contributed by atoms with van der Waals surface area (Å²) in [6, 6.07) is 7.12. The summed E-state index contributed by atoms with van der Waals surface area (Å²) in [6.45, 7) is 2.61. The molecule has 1 amide bonds. The van der Waals surface area contributed by atoms with Crippen molar-refractivity contribution in [2.75, 3.05) is 18.6 Å². The molecule has 2 rings (SSSR count). The van der Waals surface area contributed by atoms with E-state index in [9.17, 15) is 4.79 Å². The standard InChI is InChI=1S/C15H17N3O2/c1-3-10-18(13-7-5-9-17-14(13)20-2)15(19)12-6-4-8-16-11-12/h4-9,11H,3,10H2,1-2H3. The Morgan fingerprint density at radius 1 is 1.30 bits per heavy atom. The Morgan fingerprint density at radius 3 is 2.75 bits per heavy atom. The summed E-state index contributed by atoms with van der Waals surface area (Å²) in [5.41, 5.74) is 1.22. The van der Waals surface area contributed by atoms with Crippen LogP contribution in [0.5, 0.6) is 5.88 Å². The third kappa shape index (κ3) is 2.93. The summed E-state index contributed by atoms with van der Waals surface area (Å²) >= 11 is 0. The molecule has 0 aliphatic carbocycles. The van der Waals surface area contributed by atoms with Crippen molar-refractivity contribution in [3.05, 3.63) is 48.4 Å². The van der Waals surface area contributed by atoms with Gasteiger partial charge in [-0.15, -0.1) is 0 Å². The lowest BCUT2D eigenvalue weighted by atomic mass is 10.2. The van der Waals surface area contributed by atoms with Crippen LogP contribution in [0.25, 0.3) is 0 Å². The van der Waals surface area contributed by atoms with Crippen LogP contribution in [0.1, 0.15) is 23.7 Å². The average Bonchev–Trinajstić information content (AvgIpc) is 2.53. The van der Waals surface area contributed by atoms with Gasteiger partial charge in [-0.25, -0.2) is 4.98 Å². The van der Waals surface area contributed by atoms with Gasteiger partial charge < -0.3 is 9.64 Å². The van der Waals surface area contributed by atoms with E-state index in [1.807, 2.05) is 13.0 Å². The molecule has 20 heavy (non-hydrogen) atoms. The lowest BCUT2D eigenvalue weighted by molar-refractivity contribution is 0.0985. The number of hydrogen-bond donors (Lipinski definition) is 0. The van der Waals surface area contributed by atoms with Crippen molar-refractivity contribution in [3.63, 3.8) is 0 Å². The molecule has 0 N–H and O–H groups in total. The van der Waals surface area contributed by atoms with E-state index in [0.29, 0.717) is 23.7 Å². The molecule has 5 nitrogen and oxygen atoms in total. The minimum absolute atomic E-state index is 0.105. The molecular formula is C15H17N3O2. The number of carbonyl (C=O) groups is 1. The Balaban J connectivity index is 2.38. The first-order chi connectivity index (χ1) is 9.77. The minimum Gasteiger partial charge on any atom is -0.480 e. The number of hydrogen-bond acceptors (Lipinski definition) is 4. The second-order valence-corrected chi connectivity index (χ2v) is 4.23. The van der Waals surface area contributed by atoms with Gasteiger partial charge in [-0.1, -0.05) is 6.92 Å². The number of pyridine rings is 2. The van der Waals surface area contributed by atoms with Gasteiger partial charge in [0, 0.05) is 25.1 Å². The predicted octanol–water partition coefficient (Wildman–Crippen LogP) is 2.54. The quantitative estimate of drug-likeness (QED) is 0.838. The summed E-state index contributed by atoms with van der Waals surface area (Å²) in [5.74, 6) is 0.337. The maximum Gasteiger partial charge on any atom is 0.259 e. The van der Waals surface area contributed by atoms with E-state index in [1.165, 1.54) is 0 Å². The normalized spacial score (nSPS) is 10.1. The van der Waals surface area contributed by atoms with Crippen molar-refractivity contribution in [2.24, 2.45) is 0 Å². The maximum atomic E-state index is 12.6. The topological polar surface area (TPSA) is 55.3 Å². The summed E-state index contributed by atoms with van der Waals surface area (Å²) in [5, 5.41) is 0. The van der Waals surface area contributed by atoms with E-state index < -0.39 is 0 Å². The first-order valence-electron chi connectivity index (χ1n) is 6.48. The van der Waals surface area contributed by atoms with Gasteiger partial charge >= 0.3 is 0 Å². The van der Waals surface area contributed by atoms with Gasteiger partial charge in [-0.2, -0.15) is 0 Å². The van der Waals surface area contributed by atoms with Gasteiger partial charge in [0.05, 0.1) is 12.7 Å². The third-order valence-electron chi connectivity index (χ3n) is 2.84. The highest BCUT2D eigenvalue weighted by molar-refractivity contribution is 6.06. The van der Waals surface area contributed by atoms with Gasteiger partial charge in [0.1, 0.15) is 5.69 Å². The Hall–Kier alpha value is -2.43. The lowest BCUT2D eigenvalue weighted by Crippen LogP contribution is -2.32. The van der Waals surface area contributed by atoms with Gasteiger partial charge in [0.2, 0.25) is 5.88 Å². The summed E-state index contributed by atoms with van der Waals surface area (Å²) in [4.78, 5) is 22.4. The molecule has 0 saturated heterocycles. The van der Waals surface area contributed by atoms with Crippen LogP contribution in [-0.4, -0.2) is 29.5 Å². The highest BCUT2D eigenvalue weighted by Gasteiger charge is 2.20. The van der Waals surface area contributed by atoms with Crippen LogP contribution >= 0.6 is 0 Å². The van der Waals surface area contributed by atoms with E-state index >= 15 is 0 Å². The van der Waals surface area contributed by atoms with Crippen LogP contribution in [0.2, 0.25) is 0 Å². The smallest absolute Gasteiger partial charge is 0.259 e. The fourth-order valence-corrected chi connectivity index (χ4v) is 1.95. The van der Waals surface area contributed by atoms with Gasteiger partial charge in [0.25, 0.3) is 5.91 Å². The van der Waals surface area contributed by atoms with Crippen LogP contribution in [0.4, 0.5) is 5.69 Å². The Labute approximate surface area is 118 Å². The van der Waals surface area contributed by atoms with Crippen LogP contribution < -0.4 is 9.64 Å². The van der Waals surface area contributed by atoms with Crippen molar-refractivity contribution in [3.8, 4) is 5.88 Å². The molecule has 0 aliphatic heterocycles. The fraction of sp³-hybridized carbons (Fsp3) is 0.267. The molecule has 0 saturated carbocycles. The zero-order chi connectivity index (χ0) is 14.4. The van der Waals surface area contributed by atoms with Crippen LogP contribution in [0.15, 0.2) is 42.9 Å². The lowest BCUT2D eigenvalue weighted by Gasteiger charge is -2.23. The molecule has 2 aromatic heterocycles. The molecule has 104 valence electrons. The van der Waals surface area contributed by atoms with Crippen molar-refractivity contribution < 1.29 is 9.53 Å². The SMILES string of the molecule is CCCN(C(=O)c1cccnc1)c1cccnc1OC. The molecule has 0 atom stereocenters. The third-order valence-corrected chi connectivity index (χ3v) is 2.84. The Bertz CT molecular complexity index is 572. The maximum absolute atomic E-state index is 12.6. The number of anilines is 1.